The molecule has 1 heterocycles. The monoisotopic (exact) mass is 285 g/mol. The van der Waals surface area contributed by atoms with Crippen LogP contribution >= 0.6 is 0 Å². The molecule has 1 aromatic carbocycles. The van der Waals surface area contributed by atoms with Crippen LogP contribution in [0.1, 0.15) is 21.5 Å². The summed E-state index contributed by atoms with van der Waals surface area (Å²) in [6.45, 7) is 1.39. The lowest BCUT2D eigenvalue weighted by molar-refractivity contribution is 0.0697. The SMILES string of the molecule is CN(C)c1ncccc1CNCc1ccc(C(=O)O)cc1. The lowest BCUT2D eigenvalue weighted by atomic mass is 10.1. The summed E-state index contributed by atoms with van der Waals surface area (Å²) in [5.74, 6) is 0.0479. The quantitative estimate of drug-likeness (QED) is 0.851. The molecule has 0 bridgehead atoms. The molecule has 2 N–H and O–H groups in total. The summed E-state index contributed by atoms with van der Waals surface area (Å²) in [4.78, 5) is 17.1. The van der Waals surface area contributed by atoms with Crippen LogP contribution in [0.4, 0.5) is 5.82 Å². The second-order valence-corrected chi connectivity index (χ2v) is 4.99. The van der Waals surface area contributed by atoms with Crippen LogP contribution in [0.25, 0.3) is 0 Å². The molecule has 0 spiro atoms. The third kappa shape index (κ3) is 4.03. The zero-order valence-corrected chi connectivity index (χ0v) is 12.2. The summed E-state index contributed by atoms with van der Waals surface area (Å²) in [7, 11) is 3.94. The summed E-state index contributed by atoms with van der Waals surface area (Å²) in [6, 6.07) is 10.9. The van der Waals surface area contributed by atoms with Crippen molar-refractivity contribution in [3.8, 4) is 0 Å². The van der Waals surface area contributed by atoms with E-state index in [-0.39, 0.29) is 0 Å². The van der Waals surface area contributed by atoms with Gasteiger partial charge in [-0.15, -0.1) is 0 Å². The summed E-state index contributed by atoms with van der Waals surface area (Å²) in [5.41, 5.74) is 2.49. The molecule has 0 radical (unpaired) electrons. The highest BCUT2D eigenvalue weighted by Gasteiger charge is 2.05. The Kier molecular flexibility index (Phi) is 4.90. The number of anilines is 1. The van der Waals surface area contributed by atoms with Gasteiger partial charge in [0.2, 0.25) is 0 Å². The van der Waals surface area contributed by atoms with Gasteiger partial charge in [0.15, 0.2) is 0 Å². The van der Waals surface area contributed by atoms with Crippen molar-refractivity contribution >= 4 is 11.8 Å². The van der Waals surface area contributed by atoms with Crippen LogP contribution in [0.15, 0.2) is 42.6 Å². The Labute approximate surface area is 124 Å². The number of nitrogens with one attached hydrogen (secondary N) is 1. The van der Waals surface area contributed by atoms with Gasteiger partial charge in [0.05, 0.1) is 5.56 Å². The van der Waals surface area contributed by atoms with Crippen molar-refractivity contribution in [3.63, 3.8) is 0 Å². The van der Waals surface area contributed by atoms with Crippen LogP contribution < -0.4 is 10.2 Å². The second kappa shape index (κ2) is 6.85. The molecule has 0 amide bonds. The molecular formula is C16H19N3O2. The molecule has 1 aromatic heterocycles. The molecule has 0 fully saturated rings. The molecule has 110 valence electrons. The standard InChI is InChI=1S/C16H19N3O2/c1-19(2)15-14(4-3-9-18-15)11-17-10-12-5-7-13(8-6-12)16(20)21/h3-9,17H,10-11H2,1-2H3,(H,20,21). The zero-order chi connectivity index (χ0) is 15.2. The first kappa shape index (κ1) is 15.0. The average molecular weight is 285 g/mol. The van der Waals surface area contributed by atoms with E-state index >= 15 is 0 Å². The van der Waals surface area contributed by atoms with Crippen molar-refractivity contribution in [1.29, 1.82) is 0 Å². The van der Waals surface area contributed by atoms with E-state index in [1.807, 2.05) is 43.3 Å². The van der Waals surface area contributed by atoms with Gasteiger partial charge < -0.3 is 15.3 Å². The predicted molar refractivity (Wildman–Crippen MR) is 82.5 cm³/mol. The molecule has 0 aliphatic rings. The lowest BCUT2D eigenvalue weighted by Gasteiger charge is -2.16. The minimum atomic E-state index is -0.902. The Morgan fingerprint density at radius 3 is 2.52 bits per heavy atom. The van der Waals surface area contributed by atoms with Gasteiger partial charge in [-0.2, -0.15) is 0 Å². The summed E-state index contributed by atoms with van der Waals surface area (Å²) < 4.78 is 0. The lowest BCUT2D eigenvalue weighted by Crippen LogP contribution is -2.18. The number of hydrogen-bond acceptors (Lipinski definition) is 4. The minimum Gasteiger partial charge on any atom is -0.478 e. The number of rotatable bonds is 6. The number of benzene rings is 1. The molecule has 0 saturated heterocycles. The number of carboxylic acid groups (broad SMARTS) is 1. The normalized spacial score (nSPS) is 10.4. The fourth-order valence-electron chi connectivity index (χ4n) is 2.08. The molecule has 0 aliphatic carbocycles. The molecule has 21 heavy (non-hydrogen) atoms. The Hall–Kier alpha value is -2.40. The molecule has 0 unspecified atom stereocenters. The van der Waals surface area contributed by atoms with Gasteiger partial charge >= 0.3 is 5.97 Å². The van der Waals surface area contributed by atoms with Crippen LogP contribution in [-0.4, -0.2) is 30.2 Å². The van der Waals surface area contributed by atoms with Crippen LogP contribution in [0.3, 0.4) is 0 Å². The number of aromatic carboxylic acids is 1. The average Bonchev–Trinajstić information content (AvgIpc) is 2.48. The van der Waals surface area contributed by atoms with E-state index in [1.165, 1.54) is 0 Å². The number of hydrogen-bond donors (Lipinski definition) is 2. The Morgan fingerprint density at radius 2 is 1.90 bits per heavy atom. The maximum absolute atomic E-state index is 10.8. The zero-order valence-electron chi connectivity index (χ0n) is 12.2. The first-order chi connectivity index (χ1) is 10.1. The van der Waals surface area contributed by atoms with Gasteiger partial charge in [-0.3, -0.25) is 0 Å². The van der Waals surface area contributed by atoms with E-state index in [0.29, 0.717) is 18.7 Å². The van der Waals surface area contributed by atoms with E-state index in [2.05, 4.69) is 10.3 Å². The Bertz CT molecular complexity index is 609. The Balaban J connectivity index is 1.94. The van der Waals surface area contributed by atoms with E-state index in [1.54, 1.807) is 18.3 Å². The second-order valence-electron chi connectivity index (χ2n) is 4.99. The highest BCUT2D eigenvalue weighted by Crippen LogP contribution is 2.14. The van der Waals surface area contributed by atoms with E-state index in [4.69, 9.17) is 5.11 Å². The van der Waals surface area contributed by atoms with Gasteiger partial charge in [0, 0.05) is 38.9 Å². The van der Waals surface area contributed by atoms with Gasteiger partial charge in [0.25, 0.3) is 0 Å². The molecule has 0 aliphatic heterocycles. The first-order valence-corrected chi connectivity index (χ1v) is 6.72. The summed E-state index contributed by atoms with van der Waals surface area (Å²) in [6.07, 6.45) is 1.78. The predicted octanol–water partition coefficient (Wildman–Crippen LogP) is 2.14. The topological polar surface area (TPSA) is 65.5 Å². The molecule has 5 heteroatoms. The molecular weight excluding hydrogens is 266 g/mol. The van der Waals surface area contributed by atoms with Crippen molar-refractivity contribution in [2.75, 3.05) is 19.0 Å². The molecule has 0 saturated carbocycles. The van der Waals surface area contributed by atoms with Crippen molar-refractivity contribution in [2.45, 2.75) is 13.1 Å². The molecule has 5 nitrogen and oxygen atoms in total. The minimum absolute atomic E-state index is 0.306. The van der Waals surface area contributed by atoms with Gasteiger partial charge in [-0.05, 0) is 23.8 Å². The highest BCUT2D eigenvalue weighted by atomic mass is 16.4. The third-order valence-corrected chi connectivity index (χ3v) is 3.14. The van der Waals surface area contributed by atoms with Gasteiger partial charge in [-0.1, -0.05) is 18.2 Å². The number of carbonyl (C=O) groups is 1. The number of aromatic nitrogens is 1. The van der Waals surface area contributed by atoms with Gasteiger partial charge in [0.1, 0.15) is 5.82 Å². The smallest absolute Gasteiger partial charge is 0.335 e. The van der Waals surface area contributed by atoms with E-state index in [9.17, 15) is 4.79 Å². The number of carboxylic acids is 1. The molecule has 2 aromatic rings. The van der Waals surface area contributed by atoms with E-state index < -0.39 is 5.97 Å². The first-order valence-electron chi connectivity index (χ1n) is 6.72. The van der Waals surface area contributed by atoms with Crippen LogP contribution in [0, 0.1) is 0 Å². The summed E-state index contributed by atoms with van der Waals surface area (Å²) in [5, 5.41) is 12.2. The largest absolute Gasteiger partial charge is 0.478 e. The maximum Gasteiger partial charge on any atom is 0.335 e. The molecule has 0 atom stereocenters. The van der Waals surface area contributed by atoms with Crippen molar-refractivity contribution in [2.24, 2.45) is 0 Å². The molecule has 2 rings (SSSR count). The van der Waals surface area contributed by atoms with Crippen LogP contribution in [-0.2, 0) is 13.1 Å². The third-order valence-electron chi connectivity index (χ3n) is 3.14. The van der Waals surface area contributed by atoms with Crippen molar-refractivity contribution in [3.05, 3.63) is 59.3 Å². The van der Waals surface area contributed by atoms with E-state index in [0.717, 1.165) is 16.9 Å². The summed E-state index contributed by atoms with van der Waals surface area (Å²) >= 11 is 0. The number of pyridine rings is 1. The van der Waals surface area contributed by atoms with Gasteiger partial charge in [-0.25, -0.2) is 9.78 Å². The number of nitrogens with zero attached hydrogens (tertiary/aromatic N) is 2. The maximum atomic E-state index is 10.8. The van der Waals surface area contributed by atoms with Crippen LogP contribution in [0.2, 0.25) is 0 Å². The highest BCUT2D eigenvalue weighted by molar-refractivity contribution is 5.87. The Morgan fingerprint density at radius 1 is 1.19 bits per heavy atom. The van der Waals surface area contributed by atoms with Crippen LogP contribution in [0.5, 0.6) is 0 Å². The van der Waals surface area contributed by atoms with Crippen molar-refractivity contribution < 1.29 is 9.90 Å². The van der Waals surface area contributed by atoms with Crippen molar-refractivity contribution in [1.82, 2.24) is 10.3 Å². The fourth-order valence-corrected chi connectivity index (χ4v) is 2.08. The fraction of sp³-hybridized carbons (Fsp3) is 0.250.